The third-order valence-corrected chi connectivity index (χ3v) is 5.84. The lowest BCUT2D eigenvalue weighted by atomic mass is 10.1. The number of hydrogen-bond acceptors (Lipinski definition) is 6. The van der Waals surface area contributed by atoms with Crippen LogP contribution in [0.15, 0.2) is 65.7 Å². The van der Waals surface area contributed by atoms with E-state index >= 15 is 0 Å². The Morgan fingerprint density at radius 1 is 0.939 bits per heavy atom. The summed E-state index contributed by atoms with van der Waals surface area (Å²) in [5.41, 5.74) is 2.79. The van der Waals surface area contributed by atoms with E-state index in [1.165, 1.54) is 0 Å². The monoisotopic (exact) mass is 443 g/mol. The fourth-order valence-electron chi connectivity index (χ4n) is 4.15. The smallest absolute Gasteiger partial charge is 0.255 e. The van der Waals surface area contributed by atoms with Crippen LogP contribution in [0.5, 0.6) is 23.0 Å². The quantitative estimate of drug-likeness (QED) is 0.597. The molecule has 0 spiro atoms. The molecule has 168 valence electrons. The number of carbonyl (C=O) groups excluding carboxylic acids is 1. The average Bonchev–Trinajstić information content (AvgIpc) is 3.33. The average molecular weight is 444 g/mol. The first kappa shape index (κ1) is 20.9. The molecule has 1 N–H and O–H groups in total. The zero-order valence-corrected chi connectivity index (χ0v) is 18.6. The van der Waals surface area contributed by atoms with Crippen molar-refractivity contribution in [3.8, 4) is 23.0 Å². The number of ether oxygens (including phenoxy) is 3. The van der Waals surface area contributed by atoms with Gasteiger partial charge in [0.15, 0.2) is 17.2 Å². The third kappa shape index (κ3) is 4.09. The second-order valence-corrected chi connectivity index (χ2v) is 7.93. The number of para-hydroxylation sites is 2. The van der Waals surface area contributed by atoms with Gasteiger partial charge in [0.05, 0.1) is 19.8 Å². The molecule has 0 aromatic heterocycles. The summed E-state index contributed by atoms with van der Waals surface area (Å²) in [7, 11) is 3.11. The van der Waals surface area contributed by atoms with Crippen LogP contribution >= 0.6 is 0 Å². The van der Waals surface area contributed by atoms with Crippen LogP contribution in [-0.2, 0) is 0 Å². The predicted octanol–water partition coefficient (Wildman–Crippen LogP) is 5.24. The standard InChI is InChI=1S/C26H25N3O4/c1-31-23-11-9-17(15-24(23)32-2)26(30)27-18-10-12-21-19(16-18)25(29-13-5-6-14-29)28-20-7-3-4-8-22(20)33-21/h3-4,7-12,15-16H,5-6,13-14H2,1-2H3,(H,27,30). The van der Waals surface area contributed by atoms with Gasteiger partial charge in [0.25, 0.3) is 5.91 Å². The molecule has 3 aromatic rings. The van der Waals surface area contributed by atoms with E-state index in [-0.39, 0.29) is 5.91 Å². The Morgan fingerprint density at radius 2 is 1.73 bits per heavy atom. The maximum Gasteiger partial charge on any atom is 0.255 e. The van der Waals surface area contributed by atoms with Crippen molar-refractivity contribution >= 4 is 23.1 Å². The molecule has 0 radical (unpaired) electrons. The number of hydrogen-bond donors (Lipinski definition) is 1. The Kier molecular flexibility index (Phi) is 5.60. The molecule has 1 saturated heterocycles. The summed E-state index contributed by atoms with van der Waals surface area (Å²) in [6.07, 6.45) is 2.26. The van der Waals surface area contributed by atoms with E-state index in [9.17, 15) is 4.79 Å². The van der Waals surface area contributed by atoms with Crippen LogP contribution < -0.4 is 19.5 Å². The highest BCUT2D eigenvalue weighted by atomic mass is 16.5. The van der Waals surface area contributed by atoms with Crippen molar-refractivity contribution in [2.24, 2.45) is 4.99 Å². The first-order valence-electron chi connectivity index (χ1n) is 10.9. The van der Waals surface area contributed by atoms with E-state index in [4.69, 9.17) is 19.2 Å². The van der Waals surface area contributed by atoms with Gasteiger partial charge in [-0.05, 0) is 61.4 Å². The number of benzene rings is 3. The second kappa shape index (κ2) is 8.86. The molecular formula is C26H25N3O4. The van der Waals surface area contributed by atoms with Crippen molar-refractivity contribution in [2.45, 2.75) is 12.8 Å². The van der Waals surface area contributed by atoms with Gasteiger partial charge >= 0.3 is 0 Å². The van der Waals surface area contributed by atoms with Crippen LogP contribution in [0.2, 0.25) is 0 Å². The van der Waals surface area contributed by atoms with Gasteiger partial charge in [-0.25, -0.2) is 4.99 Å². The molecule has 2 aliphatic rings. The number of carbonyl (C=O) groups is 1. The summed E-state index contributed by atoms with van der Waals surface area (Å²) in [6, 6.07) is 18.5. The van der Waals surface area contributed by atoms with Crippen LogP contribution in [0.4, 0.5) is 11.4 Å². The summed E-state index contributed by atoms with van der Waals surface area (Å²) < 4.78 is 16.8. The molecule has 7 heteroatoms. The molecule has 2 aliphatic heterocycles. The van der Waals surface area contributed by atoms with Gasteiger partial charge in [0.1, 0.15) is 17.3 Å². The van der Waals surface area contributed by atoms with Crippen molar-refractivity contribution in [2.75, 3.05) is 32.6 Å². The van der Waals surface area contributed by atoms with Gasteiger partial charge in [-0.1, -0.05) is 12.1 Å². The lowest BCUT2D eigenvalue weighted by molar-refractivity contribution is 0.102. The molecule has 0 bridgehead atoms. The molecule has 7 nitrogen and oxygen atoms in total. The van der Waals surface area contributed by atoms with Crippen molar-refractivity contribution in [3.63, 3.8) is 0 Å². The van der Waals surface area contributed by atoms with Gasteiger partial charge in [0.2, 0.25) is 0 Å². The lowest BCUT2D eigenvalue weighted by Crippen LogP contribution is -2.28. The van der Waals surface area contributed by atoms with E-state index in [0.29, 0.717) is 22.7 Å². The Bertz CT molecular complexity index is 1230. The summed E-state index contributed by atoms with van der Waals surface area (Å²) in [6.45, 7) is 1.89. The molecule has 1 fully saturated rings. The number of nitrogens with zero attached hydrogens (tertiary/aromatic N) is 2. The largest absolute Gasteiger partial charge is 0.493 e. The molecule has 0 saturated carbocycles. The lowest BCUT2D eigenvalue weighted by Gasteiger charge is -2.21. The van der Waals surface area contributed by atoms with Gasteiger partial charge in [-0.15, -0.1) is 0 Å². The second-order valence-electron chi connectivity index (χ2n) is 7.93. The van der Waals surface area contributed by atoms with E-state index in [0.717, 1.165) is 54.5 Å². The number of likely N-dealkylation sites (tertiary alicyclic amines) is 1. The number of aliphatic imine (C=N–C) groups is 1. The van der Waals surface area contributed by atoms with Crippen LogP contribution in [0.25, 0.3) is 0 Å². The van der Waals surface area contributed by atoms with Crippen LogP contribution in [-0.4, -0.2) is 44.0 Å². The number of amides is 1. The van der Waals surface area contributed by atoms with E-state index < -0.39 is 0 Å². The van der Waals surface area contributed by atoms with Crippen LogP contribution in [0.3, 0.4) is 0 Å². The Labute approximate surface area is 192 Å². The molecule has 0 unspecified atom stereocenters. The predicted molar refractivity (Wildman–Crippen MR) is 127 cm³/mol. The van der Waals surface area contributed by atoms with E-state index in [2.05, 4.69) is 10.2 Å². The Hall–Kier alpha value is -4.00. The maximum atomic E-state index is 13.0. The van der Waals surface area contributed by atoms with E-state index in [1.807, 2.05) is 42.5 Å². The van der Waals surface area contributed by atoms with Gasteiger partial charge in [0, 0.05) is 24.3 Å². The number of fused-ring (bicyclic) bond motifs is 2. The van der Waals surface area contributed by atoms with Crippen molar-refractivity contribution in [1.82, 2.24) is 4.90 Å². The molecule has 0 atom stereocenters. The zero-order chi connectivity index (χ0) is 22.8. The normalized spacial score (nSPS) is 14.4. The first-order valence-corrected chi connectivity index (χ1v) is 10.9. The first-order chi connectivity index (χ1) is 16.2. The minimum atomic E-state index is -0.242. The zero-order valence-electron chi connectivity index (χ0n) is 18.6. The topological polar surface area (TPSA) is 72.4 Å². The molecule has 2 heterocycles. The highest BCUT2D eigenvalue weighted by Gasteiger charge is 2.25. The Morgan fingerprint density at radius 3 is 2.52 bits per heavy atom. The molecule has 1 amide bonds. The molecule has 5 rings (SSSR count). The minimum Gasteiger partial charge on any atom is -0.493 e. The number of nitrogens with one attached hydrogen (secondary N) is 1. The minimum absolute atomic E-state index is 0.242. The highest BCUT2D eigenvalue weighted by Crippen LogP contribution is 2.39. The molecule has 0 aliphatic carbocycles. The van der Waals surface area contributed by atoms with Crippen molar-refractivity contribution in [3.05, 3.63) is 71.8 Å². The molecule has 3 aromatic carbocycles. The summed E-state index contributed by atoms with van der Waals surface area (Å²) in [5.74, 6) is 3.14. The summed E-state index contributed by atoms with van der Waals surface area (Å²) >= 11 is 0. The fraction of sp³-hybridized carbons (Fsp3) is 0.231. The van der Waals surface area contributed by atoms with Gasteiger partial charge in [-0.2, -0.15) is 0 Å². The van der Waals surface area contributed by atoms with Gasteiger partial charge in [-0.3, -0.25) is 4.79 Å². The van der Waals surface area contributed by atoms with Crippen LogP contribution in [0, 0.1) is 0 Å². The molecular weight excluding hydrogens is 418 g/mol. The van der Waals surface area contributed by atoms with Crippen molar-refractivity contribution < 1.29 is 19.0 Å². The maximum absolute atomic E-state index is 13.0. The fourth-order valence-corrected chi connectivity index (χ4v) is 4.15. The number of amidine groups is 1. The van der Waals surface area contributed by atoms with E-state index in [1.54, 1.807) is 32.4 Å². The Balaban J connectivity index is 1.48. The third-order valence-electron chi connectivity index (χ3n) is 5.84. The molecule has 33 heavy (non-hydrogen) atoms. The SMILES string of the molecule is COc1ccc(C(=O)Nc2ccc3c(c2)C(N2CCCC2)=Nc2ccccc2O3)cc1OC. The number of rotatable bonds is 4. The number of methoxy groups -OCH3 is 2. The van der Waals surface area contributed by atoms with Crippen LogP contribution in [0.1, 0.15) is 28.8 Å². The number of anilines is 1. The van der Waals surface area contributed by atoms with Gasteiger partial charge < -0.3 is 24.4 Å². The highest BCUT2D eigenvalue weighted by molar-refractivity contribution is 6.07. The summed E-state index contributed by atoms with van der Waals surface area (Å²) in [5, 5.41) is 2.99. The summed E-state index contributed by atoms with van der Waals surface area (Å²) in [4.78, 5) is 20.2. The van der Waals surface area contributed by atoms with Crippen molar-refractivity contribution in [1.29, 1.82) is 0 Å².